The monoisotopic (exact) mass is 348 g/mol. The molecule has 0 N–H and O–H groups in total. The second kappa shape index (κ2) is 8.74. The molecular formula is C19H28N2O4. The van der Waals surface area contributed by atoms with Crippen LogP contribution in [0, 0.1) is 0 Å². The predicted molar refractivity (Wildman–Crippen MR) is 96.0 cm³/mol. The first-order valence-corrected chi connectivity index (χ1v) is 8.73. The summed E-state index contributed by atoms with van der Waals surface area (Å²) in [4.78, 5) is 27.8. The van der Waals surface area contributed by atoms with Crippen molar-refractivity contribution in [3.05, 3.63) is 29.3 Å². The van der Waals surface area contributed by atoms with Gasteiger partial charge in [0.2, 0.25) is 5.91 Å². The standard InChI is InChI=1S/C19H28N2O4/c1-14(2)15-6-7-16(17(12-15)24-3)13-18(22)20-8-5-9-21(11-10-20)19(23)25-4/h6-7,12,14H,5,8-11,13H2,1-4H3. The van der Waals surface area contributed by atoms with E-state index >= 15 is 0 Å². The van der Waals surface area contributed by atoms with Crippen molar-refractivity contribution >= 4 is 12.0 Å². The van der Waals surface area contributed by atoms with E-state index in [4.69, 9.17) is 9.47 Å². The lowest BCUT2D eigenvalue weighted by atomic mass is 9.99. The van der Waals surface area contributed by atoms with Crippen molar-refractivity contribution in [2.45, 2.75) is 32.6 Å². The van der Waals surface area contributed by atoms with E-state index < -0.39 is 0 Å². The second-order valence-corrected chi connectivity index (χ2v) is 6.59. The van der Waals surface area contributed by atoms with E-state index in [1.807, 2.05) is 17.0 Å². The normalized spacial score (nSPS) is 15.1. The van der Waals surface area contributed by atoms with E-state index in [0.717, 1.165) is 17.7 Å². The molecule has 1 aromatic carbocycles. The number of hydrogen-bond donors (Lipinski definition) is 0. The quantitative estimate of drug-likeness (QED) is 0.839. The van der Waals surface area contributed by atoms with Crippen LogP contribution in [0.1, 0.15) is 37.3 Å². The molecule has 6 nitrogen and oxygen atoms in total. The summed E-state index contributed by atoms with van der Waals surface area (Å²) in [6.07, 6.45) is 0.726. The zero-order valence-electron chi connectivity index (χ0n) is 15.6. The fraction of sp³-hybridized carbons (Fsp3) is 0.579. The largest absolute Gasteiger partial charge is 0.496 e. The van der Waals surface area contributed by atoms with E-state index in [1.165, 1.54) is 12.7 Å². The van der Waals surface area contributed by atoms with Crippen LogP contribution in [0.4, 0.5) is 4.79 Å². The number of carbonyl (C=O) groups excluding carboxylic acids is 2. The maximum atomic E-state index is 12.7. The van der Waals surface area contributed by atoms with Gasteiger partial charge < -0.3 is 19.3 Å². The van der Waals surface area contributed by atoms with Crippen molar-refractivity contribution in [3.63, 3.8) is 0 Å². The van der Waals surface area contributed by atoms with Crippen molar-refractivity contribution < 1.29 is 19.1 Å². The summed E-state index contributed by atoms with van der Waals surface area (Å²) in [7, 11) is 3.01. The van der Waals surface area contributed by atoms with E-state index in [9.17, 15) is 9.59 Å². The molecule has 25 heavy (non-hydrogen) atoms. The molecule has 1 heterocycles. The Balaban J connectivity index is 2.03. The van der Waals surface area contributed by atoms with Gasteiger partial charge in [0.15, 0.2) is 0 Å². The molecule has 0 atom stereocenters. The minimum Gasteiger partial charge on any atom is -0.496 e. The molecule has 0 radical (unpaired) electrons. The highest BCUT2D eigenvalue weighted by atomic mass is 16.5. The third-order valence-electron chi connectivity index (χ3n) is 4.60. The number of nitrogens with zero attached hydrogens (tertiary/aromatic N) is 2. The molecule has 0 aromatic heterocycles. The molecule has 1 aromatic rings. The van der Waals surface area contributed by atoms with Gasteiger partial charge >= 0.3 is 6.09 Å². The molecule has 0 bridgehead atoms. The third kappa shape index (κ3) is 4.87. The van der Waals surface area contributed by atoms with Gasteiger partial charge in [-0.15, -0.1) is 0 Å². The maximum absolute atomic E-state index is 12.7. The van der Waals surface area contributed by atoms with Crippen LogP contribution in [0.2, 0.25) is 0 Å². The molecule has 1 fully saturated rings. The van der Waals surface area contributed by atoms with Crippen LogP contribution in [0.25, 0.3) is 0 Å². The van der Waals surface area contributed by atoms with Crippen LogP contribution >= 0.6 is 0 Å². The van der Waals surface area contributed by atoms with E-state index in [1.54, 1.807) is 12.0 Å². The van der Waals surface area contributed by atoms with Crippen LogP contribution in [0.15, 0.2) is 18.2 Å². The highest BCUT2D eigenvalue weighted by Crippen LogP contribution is 2.25. The molecule has 0 spiro atoms. The van der Waals surface area contributed by atoms with E-state index in [0.29, 0.717) is 38.5 Å². The number of ether oxygens (including phenoxy) is 2. The summed E-state index contributed by atoms with van der Waals surface area (Å²) >= 11 is 0. The van der Waals surface area contributed by atoms with Crippen molar-refractivity contribution in [2.75, 3.05) is 40.4 Å². The van der Waals surface area contributed by atoms with Crippen molar-refractivity contribution in [1.82, 2.24) is 9.80 Å². The molecule has 1 aliphatic rings. The van der Waals surface area contributed by atoms with Gasteiger partial charge in [-0.05, 0) is 24.0 Å². The van der Waals surface area contributed by atoms with Crippen LogP contribution in [0.3, 0.4) is 0 Å². The van der Waals surface area contributed by atoms with Gasteiger partial charge in [-0.3, -0.25) is 4.79 Å². The van der Waals surface area contributed by atoms with Gasteiger partial charge in [-0.1, -0.05) is 26.0 Å². The molecule has 1 aliphatic heterocycles. The van der Waals surface area contributed by atoms with Gasteiger partial charge in [0.1, 0.15) is 5.75 Å². The molecular weight excluding hydrogens is 320 g/mol. The summed E-state index contributed by atoms with van der Waals surface area (Å²) in [5, 5.41) is 0. The summed E-state index contributed by atoms with van der Waals surface area (Å²) in [5.41, 5.74) is 2.09. The molecule has 0 aliphatic carbocycles. The Kier molecular flexibility index (Phi) is 6.67. The van der Waals surface area contributed by atoms with Crippen LogP contribution in [-0.2, 0) is 16.0 Å². The van der Waals surface area contributed by atoms with Crippen LogP contribution in [-0.4, -0.2) is 62.2 Å². The molecule has 2 amide bonds. The summed E-state index contributed by atoms with van der Waals surface area (Å²) in [6.45, 7) is 6.55. The average molecular weight is 348 g/mol. The SMILES string of the molecule is COC(=O)N1CCCN(C(=O)Cc2ccc(C(C)C)cc2OC)CC1. The molecule has 2 rings (SSSR count). The van der Waals surface area contributed by atoms with Crippen molar-refractivity contribution in [3.8, 4) is 5.75 Å². The Morgan fingerprint density at radius 3 is 2.40 bits per heavy atom. The smallest absolute Gasteiger partial charge is 0.409 e. The fourth-order valence-corrected chi connectivity index (χ4v) is 3.02. The first-order chi connectivity index (χ1) is 12.0. The Morgan fingerprint density at radius 2 is 1.76 bits per heavy atom. The second-order valence-electron chi connectivity index (χ2n) is 6.59. The minimum absolute atomic E-state index is 0.0577. The highest BCUT2D eigenvalue weighted by Gasteiger charge is 2.23. The molecule has 138 valence electrons. The zero-order valence-corrected chi connectivity index (χ0v) is 15.6. The zero-order chi connectivity index (χ0) is 18.4. The first kappa shape index (κ1) is 19.1. The molecule has 1 saturated heterocycles. The summed E-state index contributed by atoms with van der Waals surface area (Å²) in [6, 6.07) is 6.04. The third-order valence-corrected chi connectivity index (χ3v) is 4.60. The van der Waals surface area contributed by atoms with E-state index in [-0.39, 0.29) is 12.0 Å². The number of amides is 2. The number of methoxy groups -OCH3 is 2. The van der Waals surface area contributed by atoms with Gasteiger partial charge in [-0.25, -0.2) is 4.79 Å². The Labute approximate surface area is 149 Å². The van der Waals surface area contributed by atoms with Gasteiger partial charge in [0.05, 0.1) is 20.6 Å². The van der Waals surface area contributed by atoms with E-state index in [2.05, 4.69) is 19.9 Å². The Bertz CT molecular complexity index is 615. The van der Waals surface area contributed by atoms with Gasteiger partial charge in [0, 0.05) is 31.7 Å². The topological polar surface area (TPSA) is 59.1 Å². The summed E-state index contributed by atoms with van der Waals surface area (Å²) in [5.74, 6) is 1.22. The molecule has 0 unspecified atom stereocenters. The minimum atomic E-state index is -0.333. The van der Waals surface area contributed by atoms with Crippen LogP contribution in [0.5, 0.6) is 5.75 Å². The maximum Gasteiger partial charge on any atom is 0.409 e. The van der Waals surface area contributed by atoms with Crippen molar-refractivity contribution in [2.24, 2.45) is 0 Å². The molecule has 6 heteroatoms. The lowest BCUT2D eigenvalue weighted by Gasteiger charge is -2.22. The Morgan fingerprint density at radius 1 is 1.08 bits per heavy atom. The summed E-state index contributed by atoms with van der Waals surface area (Å²) < 4.78 is 10.2. The number of benzene rings is 1. The highest BCUT2D eigenvalue weighted by molar-refractivity contribution is 5.79. The average Bonchev–Trinajstić information content (AvgIpc) is 2.87. The number of hydrogen-bond acceptors (Lipinski definition) is 4. The lowest BCUT2D eigenvalue weighted by Crippen LogP contribution is -2.37. The van der Waals surface area contributed by atoms with Gasteiger partial charge in [0.25, 0.3) is 0 Å². The van der Waals surface area contributed by atoms with Gasteiger partial charge in [-0.2, -0.15) is 0 Å². The Hall–Kier alpha value is -2.24. The molecule has 0 saturated carbocycles. The predicted octanol–water partition coefficient (Wildman–Crippen LogP) is 2.66. The number of carbonyl (C=O) groups is 2. The first-order valence-electron chi connectivity index (χ1n) is 8.73. The lowest BCUT2D eigenvalue weighted by molar-refractivity contribution is -0.130. The van der Waals surface area contributed by atoms with Crippen LogP contribution < -0.4 is 4.74 Å². The fourth-order valence-electron chi connectivity index (χ4n) is 3.02. The van der Waals surface area contributed by atoms with Crippen molar-refractivity contribution in [1.29, 1.82) is 0 Å². The number of rotatable bonds is 4.